The van der Waals surface area contributed by atoms with Crippen LogP contribution in [0.15, 0.2) is 34.2 Å². The number of ether oxygens (including phenoxy) is 1. The van der Waals surface area contributed by atoms with Crippen molar-refractivity contribution < 1.29 is 17.7 Å². The molecule has 9 nitrogen and oxygen atoms in total. The Morgan fingerprint density at radius 2 is 2.00 bits per heavy atom. The van der Waals surface area contributed by atoms with Gasteiger partial charge in [0.25, 0.3) is 10.1 Å². The Balaban J connectivity index is 0.000000197. The fourth-order valence-electron chi connectivity index (χ4n) is 2.43. The fraction of sp³-hybridized carbons (Fsp3) is 0.562. The maximum absolute atomic E-state index is 10.5. The number of hydrogen-bond donors (Lipinski definition) is 4. The number of guanidine groups is 1. The molecule has 2 aliphatic heterocycles. The highest BCUT2D eigenvalue weighted by Gasteiger charge is 2.13. The minimum atomic E-state index is -4.02. The highest BCUT2D eigenvalue weighted by Crippen LogP contribution is 2.08. The van der Waals surface area contributed by atoms with Crippen LogP contribution in [0.25, 0.3) is 0 Å². The molecule has 10 heteroatoms. The number of nitrogens with zero attached hydrogens (tertiary/aromatic N) is 2. The van der Waals surface area contributed by atoms with Crippen LogP contribution in [0.1, 0.15) is 5.56 Å². The molecule has 0 saturated carbocycles. The van der Waals surface area contributed by atoms with Crippen LogP contribution in [0.2, 0.25) is 0 Å². The van der Waals surface area contributed by atoms with Gasteiger partial charge in [0.2, 0.25) is 0 Å². The van der Waals surface area contributed by atoms with Gasteiger partial charge >= 0.3 is 0 Å². The molecule has 0 spiro atoms. The van der Waals surface area contributed by atoms with E-state index in [4.69, 9.17) is 15.0 Å². The summed E-state index contributed by atoms with van der Waals surface area (Å²) < 4.78 is 34.8. The maximum atomic E-state index is 10.5. The van der Waals surface area contributed by atoms with Gasteiger partial charge in [-0.15, -0.1) is 0 Å². The average Bonchev–Trinajstić information content (AvgIpc) is 3.01. The lowest BCUT2D eigenvalue weighted by Gasteiger charge is -2.26. The first-order valence-corrected chi connectivity index (χ1v) is 9.93. The Morgan fingerprint density at radius 3 is 2.54 bits per heavy atom. The summed E-state index contributed by atoms with van der Waals surface area (Å²) in [7, 11) is -4.02. The van der Waals surface area contributed by atoms with Crippen molar-refractivity contribution >= 4 is 16.1 Å². The second kappa shape index (κ2) is 9.83. The minimum absolute atomic E-state index is 0.0177. The van der Waals surface area contributed by atoms with Crippen molar-refractivity contribution in [2.75, 3.05) is 45.9 Å². The van der Waals surface area contributed by atoms with Gasteiger partial charge in [-0.25, -0.2) is 4.99 Å². The van der Waals surface area contributed by atoms with Crippen LogP contribution in [0.5, 0.6) is 0 Å². The van der Waals surface area contributed by atoms with Crippen molar-refractivity contribution in [1.82, 2.24) is 15.5 Å². The highest BCUT2D eigenvalue weighted by atomic mass is 32.2. The molecule has 146 valence electrons. The molecular formula is C16H27N5O4S. The van der Waals surface area contributed by atoms with Crippen LogP contribution >= 0.6 is 0 Å². The Morgan fingerprint density at radius 1 is 1.35 bits per heavy atom. The molecule has 1 saturated heterocycles. The lowest BCUT2D eigenvalue weighted by Crippen LogP contribution is -2.46. The van der Waals surface area contributed by atoms with E-state index in [1.807, 2.05) is 6.92 Å². The average molecular weight is 385 g/mol. The van der Waals surface area contributed by atoms with Gasteiger partial charge in [0.05, 0.1) is 30.8 Å². The molecule has 1 aromatic carbocycles. The zero-order valence-corrected chi connectivity index (χ0v) is 15.7. The SMILES string of the molecule is Cc1ccc(S(=O)(=O)O)cc1.NC1CN=C(NCCN2CCOCC2)N1. The van der Waals surface area contributed by atoms with Crippen LogP contribution in [-0.2, 0) is 14.9 Å². The summed E-state index contributed by atoms with van der Waals surface area (Å²) in [5.74, 6) is 0.829. The van der Waals surface area contributed by atoms with Crippen LogP contribution in [0.4, 0.5) is 0 Å². The normalized spacial score (nSPS) is 20.6. The van der Waals surface area contributed by atoms with E-state index >= 15 is 0 Å². The second-order valence-electron chi connectivity index (χ2n) is 6.11. The lowest BCUT2D eigenvalue weighted by atomic mass is 10.2. The van der Waals surface area contributed by atoms with Crippen LogP contribution in [0, 0.1) is 6.92 Å². The number of aryl methyl sites for hydroxylation is 1. The molecule has 1 unspecified atom stereocenters. The van der Waals surface area contributed by atoms with Gasteiger partial charge in [0, 0.05) is 26.2 Å². The van der Waals surface area contributed by atoms with Crippen LogP contribution < -0.4 is 16.4 Å². The van der Waals surface area contributed by atoms with E-state index < -0.39 is 10.1 Å². The fourth-order valence-corrected chi connectivity index (χ4v) is 2.91. The molecule has 1 fully saturated rings. The maximum Gasteiger partial charge on any atom is 0.294 e. The zero-order chi connectivity index (χ0) is 19.0. The van der Waals surface area contributed by atoms with Gasteiger partial charge < -0.3 is 21.1 Å². The summed E-state index contributed by atoms with van der Waals surface area (Å²) in [4.78, 5) is 6.54. The molecule has 2 heterocycles. The summed E-state index contributed by atoms with van der Waals surface area (Å²) in [6.07, 6.45) is -0.0177. The third-order valence-corrected chi connectivity index (χ3v) is 4.78. The van der Waals surface area contributed by atoms with Crippen molar-refractivity contribution in [3.05, 3.63) is 29.8 Å². The summed E-state index contributed by atoms with van der Waals surface area (Å²) >= 11 is 0. The van der Waals surface area contributed by atoms with E-state index in [2.05, 4.69) is 20.5 Å². The number of hydrogen-bond acceptors (Lipinski definition) is 8. The largest absolute Gasteiger partial charge is 0.379 e. The standard InChI is InChI=1S/C9H19N5O.C7H8O3S/c10-8-7-12-9(13-8)11-1-2-14-3-5-15-6-4-14;1-6-2-4-7(5-3-6)11(8,9)10/h8H,1-7,10H2,(H2,11,12,13);2-5H,1H3,(H,8,9,10). The third kappa shape index (κ3) is 7.26. The van der Waals surface area contributed by atoms with Crippen molar-refractivity contribution in [2.24, 2.45) is 10.7 Å². The highest BCUT2D eigenvalue weighted by molar-refractivity contribution is 7.85. The van der Waals surface area contributed by atoms with Crippen molar-refractivity contribution in [1.29, 1.82) is 0 Å². The summed E-state index contributed by atoms with van der Waals surface area (Å²) in [6.45, 7) is 8.20. The zero-order valence-electron chi connectivity index (χ0n) is 14.9. The lowest BCUT2D eigenvalue weighted by molar-refractivity contribution is 0.0389. The molecular weight excluding hydrogens is 358 g/mol. The van der Waals surface area contributed by atoms with E-state index in [0.29, 0.717) is 6.54 Å². The van der Waals surface area contributed by atoms with Crippen molar-refractivity contribution in [2.45, 2.75) is 18.0 Å². The van der Waals surface area contributed by atoms with Gasteiger partial charge in [-0.1, -0.05) is 17.7 Å². The monoisotopic (exact) mass is 385 g/mol. The summed E-state index contributed by atoms with van der Waals surface area (Å²) in [5, 5.41) is 6.30. The number of nitrogens with two attached hydrogens (primary N) is 1. The second-order valence-corrected chi connectivity index (χ2v) is 7.53. The molecule has 3 rings (SSSR count). The number of aliphatic imine (C=N–C) groups is 1. The molecule has 1 aromatic rings. The predicted molar refractivity (Wildman–Crippen MR) is 99.7 cm³/mol. The third-order valence-electron chi connectivity index (χ3n) is 3.91. The van der Waals surface area contributed by atoms with Gasteiger partial charge in [0.15, 0.2) is 5.96 Å². The van der Waals surface area contributed by atoms with E-state index in [0.717, 1.165) is 50.9 Å². The Bertz CT molecular complexity index is 687. The molecule has 1 atom stereocenters. The molecule has 2 aliphatic rings. The van der Waals surface area contributed by atoms with E-state index in [1.165, 1.54) is 12.1 Å². The van der Waals surface area contributed by atoms with Crippen LogP contribution in [-0.4, -0.2) is 75.9 Å². The first-order chi connectivity index (χ1) is 12.3. The van der Waals surface area contributed by atoms with Gasteiger partial charge in [-0.2, -0.15) is 8.42 Å². The number of benzene rings is 1. The van der Waals surface area contributed by atoms with Crippen molar-refractivity contribution in [3.8, 4) is 0 Å². The first kappa shape index (κ1) is 20.6. The number of nitrogens with one attached hydrogen (secondary N) is 2. The topological polar surface area (TPSA) is 129 Å². The molecule has 0 aromatic heterocycles. The van der Waals surface area contributed by atoms with Crippen LogP contribution in [0.3, 0.4) is 0 Å². The van der Waals surface area contributed by atoms with Gasteiger partial charge in [-0.05, 0) is 19.1 Å². The van der Waals surface area contributed by atoms with Crippen molar-refractivity contribution in [3.63, 3.8) is 0 Å². The molecule has 0 aliphatic carbocycles. The number of morpholine rings is 1. The molecule has 0 radical (unpaired) electrons. The Hall–Kier alpha value is -1.72. The quantitative estimate of drug-likeness (QED) is 0.506. The Labute approximate surface area is 154 Å². The Kier molecular flexibility index (Phi) is 7.79. The first-order valence-electron chi connectivity index (χ1n) is 8.49. The van der Waals surface area contributed by atoms with E-state index in [1.54, 1.807) is 12.1 Å². The number of rotatable bonds is 4. The molecule has 26 heavy (non-hydrogen) atoms. The van der Waals surface area contributed by atoms with Gasteiger partial charge in [0.1, 0.15) is 0 Å². The molecule has 5 N–H and O–H groups in total. The van der Waals surface area contributed by atoms with E-state index in [9.17, 15) is 8.42 Å². The minimum Gasteiger partial charge on any atom is -0.379 e. The summed E-state index contributed by atoms with van der Waals surface area (Å²) in [5.41, 5.74) is 6.60. The predicted octanol–water partition coefficient (Wildman–Crippen LogP) is -0.606. The summed E-state index contributed by atoms with van der Waals surface area (Å²) in [6, 6.07) is 5.99. The van der Waals surface area contributed by atoms with E-state index in [-0.39, 0.29) is 11.1 Å². The molecule has 0 bridgehead atoms. The smallest absolute Gasteiger partial charge is 0.294 e. The van der Waals surface area contributed by atoms with Gasteiger partial charge in [-0.3, -0.25) is 9.45 Å². The molecule has 0 amide bonds.